The summed E-state index contributed by atoms with van der Waals surface area (Å²) in [6, 6.07) is 8.22. The highest BCUT2D eigenvalue weighted by molar-refractivity contribution is 5.96. The van der Waals surface area contributed by atoms with Crippen LogP contribution in [0, 0.1) is 6.92 Å². The first-order chi connectivity index (χ1) is 9.13. The monoisotopic (exact) mass is 264 g/mol. The second-order valence-corrected chi connectivity index (χ2v) is 4.43. The highest BCUT2D eigenvalue weighted by Gasteiger charge is 2.13. The molecule has 0 aliphatic carbocycles. The lowest BCUT2D eigenvalue weighted by Gasteiger charge is -2.26. The summed E-state index contributed by atoms with van der Waals surface area (Å²) >= 11 is 0. The molecule has 1 rings (SSSR count). The molecule has 1 aromatic rings. The normalized spacial score (nSPS) is 13.2. The molecule has 3 N–H and O–H groups in total. The summed E-state index contributed by atoms with van der Waals surface area (Å²) in [4.78, 5) is 6.61. The number of methoxy groups -OCH3 is 1. The van der Waals surface area contributed by atoms with Crippen molar-refractivity contribution in [1.29, 1.82) is 0 Å². The van der Waals surface area contributed by atoms with Crippen molar-refractivity contribution in [3.8, 4) is 0 Å². The van der Waals surface area contributed by atoms with Gasteiger partial charge in [-0.1, -0.05) is 18.2 Å². The molecule has 1 aromatic carbocycles. The molecule has 0 aliphatic rings. The number of nitrogens with zero attached hydrogens (tertiary/aromatic N) is 2. The van der Waals surface area contributed by atoms with Crippen LogP contribution in [-0.4, -0.2) is 32.3 Å². The lowest BCUT2D eigenvalue weighted by molar-refractivity contribution is 0.185. The van der Waals surface area contributed by atoms with E-state index < -0.39 is 0 Å². The van der Waals surface area contributed by atoms with Crippen LogP contribution in [0.15, 0.2) is 29.3 Å². The van der Waals surface area contributed by atoms with Gasteiger partial charge in [-0.15, -0.1) is 0 Å². The van der Waals surface area contributed by atoms with Gasteiger partial charge in [0.25, 0.3) is 0 Å². The minimum atomic E-state index is 0.0501. The van der Waals surface area contributed by atoms with Gasteiger partial charge in [0.2, 0.25) is 5.96 Å². The molecule has 106 valence electrons. The first-order valence-corrected chi connectivity index (χ1v) is 6.50. The quantitative estimate of drug-likeness (QED) is 0.367. The number of hydrogen-bond donors (Lipinski definition) is 2. The predicted octanol–water partition coefficient (Wildman–Crippen LogP) is 1.68. The first kappa shape index (κ1) is 15.5. The lowest BCUT2D eigenvalue weighted by atomic mass is 10.2. The number of hydrogen-bond acceptors (Lipinski definition) is 3. The highest BCUT2D eigenvalue weighted by atomic mass is 16.5. The van der Waals surface area contributed by atoms with Gasteiger partial charge in [-0.2, -0.15) is 0 Å². The summed E-state index contributed by atoms with van der Waals surface area (Å²) in [5.74, 6) is 6.27. The van der Waals surface area contributed by atoms with Gasteiger partial charge in [-0.25, -0.2) is 10.8 Å². The maximum Gasteiger partial charge on any atom is 0.213 e. The molecule has 0 spiro atoms. The zero-order chi connectivity index (χ0) is 14.3. The summed E-state index contributed by atoms with van der Waals surface area (Å²) in [6.07, 6.45) is 0. The van der Waals surface area contributed by atoms with Crippen LogP contribution < -0.4 is 16.2 Å². The topological polar surface area (TPSA) is 62.9 Å². The fraction of sp³-hybridized carbons (Fsp3) is 0.500. The molecule has 5 nitrogen and oxygen atoms in total. The van der Waals surface area contributed by atoms with E-state index in [2.05, 4.69) is 41.3 Å². The Morgan fingerprint density at radius 3 is 2.68 bits per heavy atom. The Morgan fingerprint density at radius 1 is 1.47 bits per heavy atom. The first-order valence-electron chi connectivity index (χ1n) is 6.50. The van der Waals surface area contributed by atoms with Crippen molar-refractivity contribution in [2.45, 2.75) is 26.8 Å². The van der Waals surface area contributed by atoms with Gasteiger partial charge in [-0.3, -0.25) is 5.43 Å². The summed E-state index contributed by atoms with van der Waals surface area (Å²) in [7, 11) is 1.67. The molecular weight excluding hydrogens is 240 g/mol. The van der Waals surface area contributed by atoms with E-state index in [-0.39, 0.29) is 6.04 Å². The van der Waals surface area contributed by atoms with E-state index in [1.165, 1.54) is 5.56 Å². The number of hydrazine groups is 1. The Hall–Kier alpha value is -1.59. The summed E-state index contributed by atoms with van der Waals surface area (Å²) in [5, 5.41) is 0. The van der Waals surface area contributed by atoms with E-state index in [9.17, 15) is 0 Å². The SMILES string of the molecule is CCN(C(=NC(C)COC)NN)c1ccccc1C. The van der Waals surface area contributed by atoms with E-state index in [1.54, 1.807) is 7.11 Å². The number of nitrogens with one attached hydrogen (secondary N) is 1. The van der Waals surface area contributed by atoms with Crippen molar-refractivity contribution in [3.63, 3.8) is 0 Å². The Kier molecular flexibility index (Phi) is 6.32. The standard InChI is InChI=1S/C14H24N4O/c1-5-18(13-9-7-6-8-11(13)2)14(17-15)16-12(3)10-19-4/h6-9,12H,5,10,15H2,1-4H3,(H,16,17). The maximum atomic E-state index is 5.62. The van der Waals surface area contributed by atoms with Crippen molar-refractivity contribution in [3.05, 3.63) is 29.8 Å². The number of benzene rings is 1. The molecule has 0 aromatic heterocycles. The lowest BCUT2D eigenvalue weighted by Crippen LogP contribution is -2.46. The number of para-hydroxylation sites is 1. The second kappa shape index (κ2) is 7.76. The van der Waals surface area contributed by atoms with Crippen LogP contribution in [0.1, 0.15) is 19.4 Å². The number of aryl methyl sites for hydroxylation is 1. The van der Waals surface area contributed by atoms with Gasteiger partial charge in [0, 0.05) is 19.3 Å². The highest BCUT2D eigenvalue weighted by Crippen LogP contribution is 2.19. The fourth-order valence-corrected chi connectivity index (χ4v) is 1.97. The smallest absolute Gasteiger partial charge is 0.213 e. The van der Waals surface area contributed by atoms with Crippen molar-refractivity contribution >= 4 is 11.6 Å². The maximum absolute atomic E-state index is 5.62. The molecule has 0 amide bonds. The van der Waals surface area contributed by atoms with Crippen LogP contribution in [0.3, 0.4) is 0 Å². The predicted molar refractivity (Wildman–Crippen MR) is 80.3 cm³/mol. The molecule has 1 unspecified atom stereocenters. The average molecular weight is 264 g/mol. The molecular formula is C14H24N4O. The Balaban J connectivity index is 3.03. The van der Waals surface area contributed by atoms with Gasteiger partial charge in [0.05, 0.1) is 12.6 Å². The third kappa shape index (κ3) is 4.22. The number of rotatable bonds is 5. The van der Waals surface area contributed by atoms with Crippen molar-refractivity contribution in [1.82, 2.24) is 5.43 Å². The van der Waals surface area contributed by atoms with Crippen LogP contribution in [0.4, 0.5) is 5.69 Å². The van der Waals surface area contributed by atoms with Crippen LogP contribution in [-0.2, 0) is 4.74 Å². The number of aliphatic imine (C=N–C) groups is 1. The largest absolute Gasteiger partial charge is 0.382 e. The number of guanidine groups is 1. The van der Waals surface area contributed by atoms with E-state index in [0.717, 1.165) is 12.2 Å². The van der Waals surface area contributed by atoms with E-state index >= 15 is 0 Å². The minimum absolute atomic E-state index is 0.0501. The number of ether oxygens (including phenoxy) is 1. The van der Waals surface area contributed by atoms with Crippen molar-refractivity contribution in [2.75, 3.05) is 25.2 Å². The second-order valence-electron chi connectivity index (χ2n) is 4.43. The summed E-state index contributed by atoms with van der Waals surface area (Å²) < 4.78 is 5.10. The van der Waals surface area contributed by atoms with Crippen LogP contribution in [0.25, 0.3) is 0 Å². The minimum Gasteiger partial charge on any atom is -0.382 e. The molecule has 19 heavy (non-hydrogen) atoms. The molecule has 0 saturated heterocycles. The summed E-state index contributed by atoms with van der Waals surface area (Å²) in [5.41, 5.74) is 4.98. The Labute approximate surface area is 115 Å². The molecule has 0 radical (unpaired) electrons. The molecule has 0 saturated carbocycles. The Bertz CT molecular complexity index is 420. The molecule has 0 bridgehead atoms. The Morgan fingerprint density at radius 2 is 2.16 bits per heavy atom. The number of anilines is 1. The van der Waals surface area contributed by atoms with E-state index in [0.29, 0.717) is 12.6 Å². The van der Waals surface area contributed by atoms with E-state index in [4.69, 9.17) is 10.6 Å². The molecule has 0 heterocycles. The molecule has 0 aliphatic heterocycles. The third-order valence-electron chi connectivity index (χ3n) is 2.86. The van der Waals surface area contributed by atoms with Gasteiger partial charge in [-0.05, 0) is 32.4 Å². The van der Waals surface area contributed by atoms with E-state index in [1.807, 2.05) is 19.1 Å². The van der Waals surface area contributed by atoms with Crippen LogP contribution in [0.5, 0.6) is 0 Å². The zero-order valence-electron chi connectivity index (χ0n) is 12.2. The van der Waals surface area contributed by atoms with Gasteiger partial charge in [0.15, 0.2) is 0 Å². The van der Waals surface area contributed by atoms with Crippen LogP contribution >= 0.6 is 0 Å². The third-order valence-corrected chi connectivity index (χ3v) is 2.86. The molecule has 1 atom stereocenters. The summed E-state index contributed by atoms with van der Waals surface area (Å²) in [6.45, 7) is 7.49. The number of nitrogens with two attached hydrogens (primary N) is 1. The zero-order valence-corrected chi connectivity index (χ0v) is 12.2. The van der Waals surface area contributed by atoms with Gasteiger partial charge in [0.1, 0.15) is 0 Å². The molecule has 5 heteroatoms. The van der Waals surface area contributed by atoms with Crippen LogP contribution in [0.2, 0.25) is 0 Å². The van der Waals surface area contributed by atoms with Crippen molar-refractivity contribution < 1.29 is 4.74 Å². The van der Waals surface area contributed by atoms with Crippen molar-refractivity contribution in [2.24, 2.45) is 10.8 Å². The molecule has 0 fully saturated rings. The fourth-order valence-electron chi connectivity index (χ4n) is 1.97. The van der Waals surface area contributed by atoms with Gasteiger partial charge >= 0.3 is 0 Å². The van der Waals surface area contributed by atoms with Gasteiger partial charge < -0.3 is 9.64 Å². The average Bonchev–Trinajstić information content (AvgIpc) is 2.40.